The molecular weight excluding hydrogens is 1920 g/mol. The Hall–Kier alpha value is 0.610. The van der Waals surface area contributed by atoms with Crippen molar-refractivity contribution in [3.63, 3.8) is 0 Å². The average Bonchev–Trinajstić information content (AvgIpc) is 0.939. The maximum atomic E-state index is 13.4. The van der Waals surface area contributed by atoms with Gasteiger partial charge in [0.05, 0.1) is 44.8 Å². The van der Waals surface area contributed by atoms with Crippen LogP contribution < -0.4 is 10.6 Å². The van der Waals surface area contributed by atoms with Crippen LogP contribution in [0.1, 0.15) is 286 Å². The minimum atomic E-state index is -3.30. The van der Waals surface area contributed by atoms with Crippen molar-refractivity contribution in [1.29, 1.82) is 0 Å². The first-order valence-corrected chi connectivity index (χ1v) is 56.4. The minimum Gasteiger partial charge on any atom is -0.444 e. The number of aliphatic hydroxyl groups is 1. The summed E-state index contributed by atoms with van der Waals surface area (Å²) in [7, 11) is 6.05. The van der Waals surface area contributed by atoms with E-state index in [4.69, 9.17) is 60.4 Å². The van der Waals surface area contributed by atoms with Crippen LogP contribution in [0.4, 0.5) is 9.59 Å². The summed E-state index contributed by atoms with van der Waals surface area (Å²) in [6.07, 6.45) is 9.72. The highest BCUT2D eigenvalue weighted by molar-refractivity contribution is 9.09. The van der Waals surface area contributed by atoms with Crippen molar-refractivity contribution >= 4 is 201 Å². The number of nitrogens with one attached hydrogen (secondary N) is 2. The molecule has 1 heterocycles. The molecule has 1 aliphatic rings. The molecule has 0 aromatic heterocycles. The number of amides is 2. The van der Waals surface area contributed by atoms with Crippen LogP contribution >= 0.6 is 157 Å². The number of aliphatic hydroxyl groups excluding tert-OH is 1. The van der Waals surface area contributed by atoms with Crippen molar-refractivity contribution in [1.82, 2.24) is 29.8 Å². The number of hydrogen-bond acceptors (Lipinski definition) is 30. The first-order valence-electron chi connectivity index (χ1n) is 42.9. The summed E-state index contributed by atoms with van der Waals surface area (Å²) >= 11 is 29.6. The number of ether oxygens (including phenoxy) is 2. The smallest absolute Gasteiger partial charge is 0.410 e. The highest BCUT2D eigenvalue weighted by atomic mass is 79.9. The van der Waals surface area contributed by atoms with Crippen LogP contribution in [0.3, 0.4) is 0 Å². The third-order valence-electron chi connectivity index (χ3n) is 14.9. The molecule has 0 bridgehead atoms. The van der Waals surface area contributed by atoms with Crippen molar-refractivity contribution in [3.05, 3.63) is 0 Å². The predicted molar refractivity (Wildman–Crippen MR) is 557 cm³/mol. The van der Waals surface area contributed by atoms with E-state index in [0.717, 1.165) is 106 Å². The maximum absolute atomic E-state index is 13.4. The number of nitrogens with zero attached hydrogens (tertiary/aromatic N) is 7. The standard InChI is InChI=1S/C24H49N2O5PS3.C24H48NO4PS2.C16H32N2O4S.C6H14Cl2NP.C5H10OS.C4H9BrO.C4H10O2.C2H3N3.ClH/c1-23(2,3)21(27)33-15-11-9-13-30-32(29,35-19-20(17-25-7)18-26-8)31-14-10-12-16-34-22(28)24(4,5)6;1-19(2)25(20(3)4)30(28-15-11-13-17-31-21(26)23(5,6)7)29-16-12-14-18-32-22(27)24(8,9)10;1-15(2,3)21-13(19)17(7)9-12(11-23)10-18(8)14(20)22-16(4,5)6;1-5(2)9(6(3)4)10(7)8;1-5(2,3)4(6)7;5-3-1-2-4-6;1-4(2,3)6-5;1-2-4-5-3-1;/h20,25-26H,9-19H2,1-8H3;19-20H,11-18H2,1-10H3;12,23H,9-11H2,1-8H3;5-6H,1-4H3;1-3H3,(H,6,7);6H,1-4H2;5H,1-3H3;1H,2H2;1H. The number of alkyl halides is 1. The molecule has 0 saturated carbocycles. The van der Waals surface area contributed by atoms with Gasteiger partial charge in [-0.25, -0.2) is 23.7 Å². The van der Waals surface area contributed by atoms with Gasteiger partial charge in [-0.3, -0.25) is 33.9 Å². The van der Waals surface area contributed by atoms with E-state index in [9.17, 15) is 38.1 Å². The molecule has 40 heteroatoms. The zero-order valence-corrected chi connectivity index (χ0v) is 96.1. The van der Waals surface area contributed by atoms with Crippen LogP contribution in [0.15, 0.2) is 15.4 Å². The Morgan fingerprint density at radius 3 is 1.02 bits per heavy atom. The fraction of sp³-hybridized carbons (Fsp3) is 0.906. The molecule has 0 aromatic carbocycles. The van der Waals surface area contributed by atoms with Crippen molar-refractivity contribution in [2.75, 3.05) is 134 Å². The molecule has 2 amide bonds. The second-order valence-corrected chi connectivity index (χ2v) is 53.1. The highest BCUT2D eigenvalue weighted by Gasteiger charge is 2.32. The lowest BCUT2D eigenvalue weighted by atomic mass is 9.99. The van der Waals surface area contributed by atoms with Gasteiger partial charge in [-0.15, -0.1) is 30.1 Å². The highest BCUT2D eigenvalue weighted by Crippen LogP contribution is 2.61. The molecule has 0 atom stereocenters. The summed E-state index contributed by atoms with van der Waals surface area (Å²) in [5, 5.41) is 34.4. The van der Waals surface area contributed by atoms with Gasteiger partial charge in [0.25, 0.3) is 8.53 Å². The lowest BCUT2D eigenvalue weighted by Gasteiger charge is -2.35. The molecule has 0 spiro atoms. The number of thiol groups is 2. The van der Waals surface area contributed by atoms with Crippen LogP contribution in [0.2, 0.25) is 0 Å². The third-order valence-corrected chi connectivity index (χ3v) is 30.5. The quantitative estimate of drug-likeness (QED) is 0.00824. The second kappa shape index (κ2) is 77.6. The summed E-state index contributed by atoms with van der Waals surface area (Å²) in [6, 6.07) is 1.53. The molecule has 26 nitrogen and oxygen atoms in total. The van der Waals surface area contributed by atoms with E-state index >= 15 is 0 Å². The lowest BCUT2D eigenvalue weighted by molar-refractivity contribution is -0.306. The topological polar surface area (TPSA) is 316 Å². The Balaban J connectivity index is -0.000000230. The molecular formula is C85H176BrCl3N9O17P3S7. The molecule has 0 saturated heterocycles. The van der Waals surface area contributed by atoms with Gasteiger partial charge >= 0.3 is 19.0 Å². The molecule has 748 valence electrons. The first-order chi connectivity index (χ1) is 56.6. The summed E-state index contributed by atoms with van der Waals surface area (Å²) in [5.74, 6) is 4.65. The normalized spacial score (nSPS) is 12.6. The summed E-state index contributed by atoms with van der Waals surface area (Å²) in [5.41, 5.74) is -2.98. The zero-order chi connectivity index (χ0) is 98.3. The van der Waals surface area contributed by atoms with E-state index < -0.39 is 38.9 Å². The van der Waals surface area contributed by atoms with E-state index in [0.29, 0.717) is 94.3 Å². The van der Waals surface area contributed by atoms with Gasteiger partial charge in [0, 0.05) is 125 Å². The Kier molecular flexibility index (Phi) is 87.6. The van der Waals surface area contributed by atoms with Crippen LogP contribution in [0.5, 0.6) is 0 Å². The number of thioether (sulfide) groups is 4. The van der Waals surface area contributed by atoms with Gasteiger partial charge in [0.1, 0.15) is 11.2 Å². The molecule has 1 rings (SSSR count). The molecule has 0 fully saturated rings. The van der Waals surface area contributed by atoms with E-state index in [1.807, 2.05) is 159 Å². The zero-order valence-electron chi connectivity index (χ0n) is 83.6. The molecule has 0 unspecified atom stereocenters. The Bertz CT molecular complexity index is 2730. The van der Waals surface area contributed by atoms with Crippen molar-refractivity contribution in [3.8, 4) is 0 Å². The monoisotopic (exact) mass is 2100 g/mol. The average molecular weight is 2100 g/mol. The summed E-state index contributed by atoms with van der Waals surface area (Å²) < 4.78 is 52.5. The molecule has 0 aromatic rings. The molecule has 125 heavy (non-hydrogen) atoms. The second-order valence-electron chi connectivity index (χ2n) is 38.4. The Labute approximate surface area is 819 Å². The molecule has 4 N–H and O–H groups in total. The molecule has 0 aliphatic carbocycles. The van der Waals surface area contributed by atoms with Crippen LogP contribution in [-0.4, -0.2) is 248 Å². The Morgan fingerprint density at radius 1 is 0.520 bits per heavy atom. The fourth-order valence-corrected chi connectivity index (χ4v) is 20.9. The van der Waals surface area contributed by atoms with Crippen molar-refractivity contribution < 1.29 is 80.9 Å². The SMILES string of the molecule is C1=NN=NC1.CC(C)(C)C(=O)S.CC(C)(C)OO.CC(C)N(C(C)C)P(Cl)Cl.CC(C)N(C(C)C)P(OCCCCSC(=O)C(C)(C)C)OCCCCSC(=O)C(C)(C)C.CN(CC(CS)CN(C)C(=O)OC(C)(C)C)C(=O)OC(C)(C)C.CNCC(CNC)CSP(=O)(OCCCCSC(=O)C(C)(C)C)OCCCCSC(=O)C(C)(C)C.Cl.OCCCCBr. The summed E-state index contributed by atoms with van der Waals surface area (Å²) in [4.78, 5) is 89.3. The van der Waals surface area contributed by atoms with Crippen LogP contribution in [0.25, 0.3) is 0 Å². The van der Waals surface area contributed by atoms with Crippen LogP contribution in [-0.2, 0) is 61.0 Å². The van der Waals surface area contributed by atoms with Gasteiger partial charge in [-0.1, -0.05) is 189 Å². The number of unbranched alkanes of at least 4 members (excludes halogenated alkanes) is 5. The number of carbonyl (C=O) groups excluding carboxylic acids is 7. The van der Waals surface area contributed by atoms with Gasteiger partial charge in [0.15, 0.2) is 32.4 Å². The van der Waals surface area contributed by atoms with Gasteiger partial charge in [0.2, 0.25) is 0 Å². The largest absolute Gasteiger partial charge is 0.444 e. The lowest BCUT2D eigenvalue weighted by Crippen LogP contribution is -2.42. The number of carbonyl (C=O) groups is 7. The third kappa shape index (κ3) is 90.8. The number of hydrogen-bond donors (Lipinski definition) is 6. The van der Waals surface area contributed by atoms with Gasteiger partial charge in [-0.2, -0.15) is 17.7 Å². The van der Waals surface area contributed by atoms with Crippen LogP contribution in [0, 0.1) is 38.9 Å². The van der Waals surface area contributed by atoms with Crippen molar-refractivity contribution in [2.45, 2.75) is 327 Å². The summed E-state index contributed by atoms with van der Waals surface area (Å²) in [6.45, 7) is 63.4. The fourth-order valence-electron chi connectivity index (χ4n) is 8.31. The van der Waals surface area contributed by atoms with Gasteiger partial charge < -0.3 is 53.1 Å². The van der Waals surface area contributed by atoms with Gasteiger partial charge in [-0.05, 0) is 237 Å². The minimum absolute atomic E-state index is 0. The first kappa shape index (κ1) is 141. The number of rotatable bonds is 45. The maximum Gasteiger partial charge on any atom is 0.410 e. The van der Waals surface area contributed by atoms with E-state index in [2.05, 4.69) is 137 Å². The van der Waals surface area contributed by atoms with E-state index in [-0.39, 0.29) is 83.2 Å². The van der Waals surface area contributed by atoms with Crippen molar-refractivity contribution in [2.24, 2.45) is 54.3 Å². The number of halogens is 4. The molecule has 1 aliphatic heterocycles. The Morgan fingerprint density at radius 2 is 0.832 bits per heavy atom. The van der Waals surface area contributed by atoms with E-state index in [1.54, 1.807) is 41.1 Å². The van der Waals surface area contributed by atoms with E-state index in [1.165, 1.54) is 68.2 Å². The molecule has 0 radical (unpaired) electrons. The predicted octanol–water partition coefficient (Wildman–Crippen LogP) is 25.5.